The predicted molar refractivity (Wildman–Crippen MR) is 170 cm³/mol. The molecule has 0 fully saturated rings. The summed E-state index contributed by atoms with van der Waals surface area (Å²) in [5.74, 6) is -0.921. The number of ether oxygens (including phenoxy) is 1. The van der Waals surface area contributed by atoms with Gasteiger partial charge in [-0.15, -0.1) is 0 Å². The number of hydrogen-bond donors (Lipinski definition) is 0. The van der Waals surface area contributed by atoms with Gasteiger partial charge in [0.2, 0.25) is 11.7 Å². The van der Waals surface area contributed by atoms with E-state index in [1.807, 2.05) is 69.3 Å². The molecule has 0 saturated carbocycles. The molecule has 0 bridgehead atoms. The second kappa shape index (κ2) is 10.8. The van der Waals surface area contributed by atoms with E-state index >= 15 is 0 Å². The molecule has 43 heavy (non-hydrogen) atoms. The zero-order chi connectivity index (χ0) is 30.3. The van der Waals surface area contributed by atoms with Crippen LogP contribution in [0.5, 0.6) is 0 Å². The molecule has 0 aliphatic carbocycles. The Hall–Kier alpha value is -5.36. The summed E-state index contributed by atoms with van der Waals surface area (Å²) < 4.78 is 5.66. The molecule has 1 aliphatic heterocycles. The van der Waals surface area contributed by atoms with Crippen LogP contribution in [-0.2, 0) is 9.53 Å². The highest BCUT2D eigenvalue weighted by molar-refractivity contribution is 6.26. The van der Waals surface area contributed by atoms with E-state index in [0.29, 0.717) is 28.0 Å². The number of carbonyl (C=O) groups is 3. The number of nitrogens with zero attached hydrogens (tertiary/aromatic N) is 2. The molecule has 212 valence electrons. The Bertz CT molecular complexity index is 1950. The Balaban J connectivity index is 1.58. The summed E-state index contributed by atoms with van der Waals surface area (Å²) in [5, 5.41) is 0.762. The van der Waals surface area contributed by atoms with Crippen molar-refractivity contribution in [1.82, 2.24) is 4.98 Å². The van der Waals surface area contributed by atoms with E-state index in [2.05, 4.69) is 18.2 Å². The molecule has 1 aliphatic rings. The van der Waals surface area contributed by atoms with Crippen LogP contribution in [0.15, 0.2) is 109 Å². The monoisotopic (exact) mass is 566 g/mol. The molecule has 0 radical (unpaired) electrons. The fourth-order valence-corrected chi connectivity index (χ4v) is 5.43. The Labute approximate surface area is 250 Å². The van der Waals surface area contributed by atoms with Gasteiger partial charge in [-0.2, -0.15) is 0 Å². The highest BCUT2D eigenvalue weighted by Crippen LogP contribution is 2.39. The summed E-state index contributed by atoms with van der Waals surface area (Å²) >= 11 is 0. The lowest BCUT2D eigenvalue weighted by Gasteiger charge is -2.20. The molecule has 0 saturated heterocycles. The third-order valence-electron chi connectivity index (χ3n) is 7.23. The molecule has 6 heteroatoms. The topological polar surface area (TPSA) is 76.6 Å². The average molecular weight is 567 g/mol. The lowest BCUT2D eigenvalue weighted by Crippen LogP contribution is -2.25. The third kappa shape index (κ3) is 5.35. The number of benzene rings is 4. The number of Topliss-reactive ketones (excluding diaryl/α,β-unsaturated/α-hetero) is 1. The van der Waals surface area contributed by atoms with Gasteiger partial charge in [0.25, 0.3) is 0 Å². The fourth-order valence-electron chi connectivity index (χ4n) is 5.43. The summed E-state index contributed by atoms with van der Waals surface area (Å²) in [7, 11) is 0. The summed E-state index contributed by atoms with van der Waals surface area (Å²) in [6.45, 7) is 6.95. The largest absolute Gasteiger partial charge is 0.456 e. The average Bonchev–Trinajstić information content (AvgIpc) is 3.27. The molecule has 0 unspecified atom stereocenters. The minimum atomic E-state index is -0.642. The van der Waals surface area contributed by atoms with Crippen LogP contribution in [0.1, 0.15) is 54.1 Å². The van der Waals surface area contributed by atoms with E-state index < -0.39 is 11.6 Å². The maximum Gasteiger partial charge on any atom is 0.338 e. The van der Waals surface area contributed by atoms with E-state index in [4.69, 9.17) is 9.72 Å². The number of ketones is 1. The SMILES string of the molecule is CC(=O)N1/C(=C\c2cc(-c3ccccc3-c3ccccc3)c3cc(C(=O)OC(C)(C)C)ccc3n2)C(=O)c2ccccc21. The van der Waals surface area contributed by atoms with E-state index in [0.717, 1.165) is 27.6 Å². The first-order valence-electron chi connectivity index (χ1n) is 14.1. The van der Waals surface area contributed by atoms with E-state index in [1.165, 1.54) is 11.8 Å². The van der Waals surface area contributed by atoms with Gasteiger partial charge in [-0.1, -0.05) is 66.7 Å². The molecular formula is C37H30N2O4. The fraction of sp³-hybridized carbons (Fsp3) is 0.135. The summed E-state index contributed by atoms with van der Waals surface area (Å²) in [5.41, 5.74) is 6.01. The van der Waals surface area contributed by atoms with Crippen molar-refractivity contribution in [1.29, 1.82) is 0 Å². The number of fused-ring (bicyclic) bond motifs is 2. The van der Waals surface area contributed by atoms with E-state index in [9.17, 15) is 14.4 Å². The number of anilines is 1. The Kier molecular flexibility index (Phi) is 6.98. The van der Waals surface area contributed by atoms with Crippen LogP contribution in [0.25, 0.3) is 39.2 Å². The van der Waals surface area contributed by atoms with Gasteiger partial charge in [0.15, 0.2) is 0 Å². The van der Waals surface area contributed by atoms with Gasteiger partial charge in [0.05, 0.1) is 28.2 Å². The zero-order valence-electron chi connectivity index (χ0n) is 24.4. The predicted octanol–water partition coefficient (Wildman–Crippen LogP) is 8.11. The van der Waals surface area contributed by atoms with Crippen molar-refractivity contribution >= 4 is 40.3 Å². The minimum Gasteiger partial charge on any atom is -0.456 e. The van der Waals surface area contributed by atoms with Crippen molar-refractivity contribution in [2.45, 2.75) is 33.3 Å². The molecule has 6 nitrogen and oxygen atoms in total. The molecule has 1 aromatic heterocycles. The minimum absolute atomic E-state index is 0.237. The van der Waals surface area contributed by atoms with Gasteiger partial charge in [0.1, 0.15) is 5.60 Å². The number of hydrogen-bond acceptors (Lipinski definition) is 5. The van der Waals surface area contributed by atoms with Crippen LogP contribution in [0.2, 0.25) is 0 Å². The smallest absolute Gasteiger partial charge is 0.338 e. The maximum atomic E-state index is 13.5. The number of pyridine rings is 1. The standard InChI is InChI=1S/C37H30N2O4/c1-23(40)39-33-17-11-10-16-29(33)35(41)34(39)22-26-21-30(28-15-9-8-14-27(28)24-12-6-5-7-13-24)31-20-25(18-19-32(31)38-26)36(42)43-37(2,3)4/h5-22H,1-4H3/b34-22-. The summed E-state index contributed by atoms with van der Waals surface area (Å²) in [6, 6.07) is 32.4. The molecule has 5 aromatic rings. The van der Waals surface area contributed by atoms with Crippen molar-refractivity contribution in [2.24, 2.45) is 0 Å². The molecule has 2 heterocycles. The lowest BCUT2D eigenvalue weighted by atomic mass is 9.91. The number of aromatic nitrogens is 1. The molecule has 6 rings (SSSR count). The zero-order valence-corrected chi connectivity index (χ0v) is 24.4. The normalized spacial score (nSPS) is 13.8. The first-order chi connectivity index (χ1) is 20.6. The van der Waals surface area contributed by atoms with Crippen molar-refractivity contribution < 1.29 is 19.1 Å². The Morgan fingerprint density at radius 3 is 2.12 bits per heavy atom. The molecule has 1 amide bonds. The number of amides is 1. The van der Waals surface area contributed by atoms with Gasteiger partial charge >= 0.3 is 5.97 Å². The van der Waals surface area contributed by atoms with Crippen molar-refractivity contribution in [3.05, 3.63) is 126 Å². The molecule has 0 N–H and O–H groups in total. The van der Waals surface area contributed by atoms with Gasteiger partial charge in [-0.25, -0.2) is 9.78 Å². The second-order valence-electron chi connectivity index (χ2n) is 11.5. The second-order valence-corrected chi connectivity index (χ2v) is 11.5. The van der Waals surface area contributed by atoms with Crippen LogP contribution in [0, 0.1) is 0 Å². The molecule has 0 atom stereocenters. The van der Waals surface area contributed by atoms with Gasteiger partial charge < -0.3 is 4.74 Å². The molecular weight excluding hydrogens is 536 g/mol. The first-order valence-corrected chi connectivity index (χ1v) is 14.1. The maximum absolute atomic E-state index is 13.5. The van der Waals surface area contributed by atoms with Crippen LogP contribution in [0.4, 0.5) is 5.69 Å². The number of para-hydroxylation sites is 1. The van der Waals surface area contributed by atoms with Crippen LogP contribution >= 0.6 is 0 Å². The summed E-state index contributed by atoms with van der Waals surface area (Å²) in [4.78, 5) is 45.6. The van der Waals surface area contributed by atoms with Gasteiger partial charge in [0, 0.05) is 17.9 Å². The molecule has 4 aromatic carbocycles. The third-order valence-corrected chi connectivity index (χ3v) is 7.23. The van der Waals surface area contributed by atoms with Gasteiger partial charge in [-0.3, -0.25) is 14.5 Å². The van der Waals surface area contributed by atoms with E-state index in [1.54, 1.807) is 42.5 Å². The van der Waals surface area contributed by atoms with Crippen molar-refractivity contribution in [2.75, 3.05) is 4.90 Å². The number of carbonyl (C=O) groups excluding carboxylic acids is 3. The Morgan fingerprint density at radius 2 is 1.42 bits per heavy atom. The number of esters is 1. The summed E-state index contributed by atoms with van der Waals surface area (Å²) in [6.07, 6.45) is 1.67. The number of rotatable bonds is 4. The van der Waals surface area contributed by atoms with Gasteiger partial charge in [-0.05, 0) is 85.5 Å². The van der Waals surface area contributed by atoms with Crippen LogP contribution in [0.3, 0.4) is 0 Å². The van der Waals surface area contributed by atoms with Crippen molar-refractivity contribution in [3.63, 3.8) is 0 Å². The highest BCUT2D eigenvalue weighted by Gasteiger charge is 2.34. The first kappa shape index (κ1) is 27.8. The quantitative estimate of drug-likeness (QED) is 0.162. The highest BCUT2D eigenvalue weighted by atomic mass is 16.6. The van der Waals surface area contributed by atoms with E-state index in [-0.39, 0.29) is 17.4 Å². The van der Waals surface area contributed by atoms with Crippen LogP contribution in [-0.4, -0.2) is 28.2 Å². The molecule has 0 spiro atoms. The Morgan fingerprint density at radius 1 is 0.767 bits per heavy atom. The number of allylic oxidation sites excluding steroid dienone is 1. The van der Waals surface area contributed by atoms with Crippen molar-refractivity contribution in [3.8, 4) is 22.3 Å². The lowest BCUT2D eigenvalue weighted by molar-refractivity contribution is -0.116. The van der Waals surface area contributed by atoms with Crippen LogP contribution < -0.4 is 4.90 Å².